The van der Waals surface area contributed by atoms with Crippen molar-refractivity contribution >= 4 is 27.3 Å². The molecule has 0 saturated heterocycles. The lowest BCUT2D eigenvalue weighted by Gasteiger charge is -2.29. The number of ether oxygens (including phenoxy) is 1. The first-order valence-corrected chi connectivity index (χ1v) is 11.1. The summed E-state index contributed by atoms with van der Waals surface area (Å²) in [7, 11) is -3.89. The van der Waals surface area contributed by atoms with Gasteiger partial charge in [-0.1, -0.05) is 18.2 Å². The number of amides is 1. The van der Waals surface area contributed by atoms with Gasteiger partial charge in [-0.15, -0.1) is 0 Å². The lowest BCUT2D eigenvalue weighted by molar-refractivity contribution is -0.384. The quantitative estimate of drug-likeness (QED) is 0.478. The van der Waals surface area contributed by atoms with Crippen LogP contribution in [0.25, 0.3) is 0 Å². The van der Waals surface area contributed by atoms with Gasteiger partial charge in [0.2, 0.25) is 15.9 Å². The maximum atomic E-state index is 12.7. The number of carbonyl (C=O) groups excluding carboxylic acids is 1. The summed E-state index contributed by atoms with van der Waals surface area (Å²) in [5.74, 6) is 0.135. The Hall–Kier alpha value is -3.14. The fraction of sp³-hybridized carbons (Fsp3) is 0.350. The molecule has 0 aromatic heterocycles. The highest BCUT2D eigenvalue weighted by atomic mass is 32.2. The van der Waals surface area contributed by atoms with Gasteiger partial charge < -0.3 is 10.1 Å². The first-order chi connectivity index (χ1) is 14.0. The second kappa shape index (κ2) is 9.57. The number of nitro benzene ring substituents is 1. The molecule has 0 spiro atoms. The molecule has 1 N–H and O–H groups in total. The molecule has 0 aliphatic rings. The second-order valence-corrected chi connectivity index (χ2v) is 8.62. The molecule has 10 heteroatoms. The first kappa shape index (κ1) is 23.1. The predicted molar refractivity (Wildman–Crippen MR) is 114 cm³/mol. The third-order valence-corrected chi connectivity index (χ3v) is 5.63. The highest BCUT2D eigenvalue weighted by Crippen LogP contribution is 2.29. The number of rotatable bonds is 9. The molecular formula is C20H25N3O6S. The number of nitro groups is 1. The summed E-state index contributed by atoms with van der Waals surface area (Å²) in [6.45, 7) is 5.62. The number of carbonyl (C=O) groups is 1. The van der Waals surface area contributed by atoms with Gasteiger partial charge in [0.25, 0.3) is 5.69 Å². The third-order valence-electron chi connectivity index (χ3n) is 4.41. The highest BCUT2D eigenvalue weighted by Gasteiger charge is 2.31. The molecule has 0 fully saturated rings. The fourth-order valence-electron chi connectivity index (χ4n) is 2.98. The van der Waals surface area contributed by atoms with Crippen molar-refractivity contribution in [2.75, 3.05) is 17.2 Å². The molecule has 0 heterocycles. The van der Waals surface area contributed by atoms with Crippen LogP contribution in [-0.2, 0) is 21.4 Å². The van der Waals surface area contributed by atoms with Crippen LogP contribution in [0.1, 0.15) is 25.0 Å². The van der Waals surface area contributed by atoms with Crippen molar-refractivity contribution in [2.45, 2.75) is 33.4 Å². The van der Waals surface area contributed by atoms with Gasteiger partial charge in [-0.2, -0.15) is 0 Å². The lowest BCUT2D eigenvalue weighted by atomic mass is 10.1. The van der Waals surface area contributed by atoms with Gasteiger partial charge >= 0.3 is 0 Å². The van der Waals surface area contributed by atoms with Gasteiger partial charge in [0.05, 0.1) is 23.5 Å². The largest absolute Gasteiger partial charge is 0.494 e. The minimum absolute atomic E-state index is 0.0905. The van der Waals surface area contributed by atoms with E-state index in [2.05, 4.69) is 5.32 Å². The Balaban J connectivity index is 2.27. The summed E-state index contributed by atoms with van der Waals surface area (Å²) in [6, 6.07) is 9.98. The first-order valence-electron chi connectivity index (χ1n) is 9.28. The van der Waals surface area contributed by atoms with Gasteiger partial charge in [0.15, 0.2) is 0 Å². The van der Waals surface area contributed by atoms with Crippen LogP contribution in [0.4, 0.5) is 11.4 Å². The Morgan fingerprint density at radius 2 is 1.97 bits per heavy atom. The van der Waals surface area contributed by atoms with E-state index in [0.717, 1.165) is 22.2 Å². The van der Waals surface area contributed by atoms with Gasteiger partial charge in [0, 0.05) is 18.7 Å². The molecule has 0 saturated carbocycles. The van der Waals surface area contributed by atoms with Crippen LogP contribution in [0.2, 0.25) is 0 Å². The number of nitrogens with zero attached hydrogens (tertiary/aromatic N) is 2. The smallest absolute Gasteiger partial charge is 0.271 e. The van der Waals surface area contributed by atoms with Gasteiger partial charge in [-0.05, 0) is 44.0 Å². The van der Waals surface area contributed by atoms with E-state index in [0.29, 0.717) is 17.9 Å². The van der Waals surface area contributed by atoms with Crippen LogP contribution in [0, 0.1) is 17.0 Å². The molecule has 30 heavy (non-hydrogen) atoms. The average Bonchev–Trinajstić information content (AvgIpc) is 2.67. The Morgan fingerprint density at radius 3 is 2.57 bits per heavy atom. The maximum absolute atomic E-state index is 12.7. The zero-order valence-corrected chi connectivity index (χ0v) is 18.1. The maximum Gasteiger partial charge on any atom is 0.271 e. The molecule has 2 aromatic rings. The molecule has 9 nitrogen and oxygen atoms in total. The van der Waals surface area contributed by atoms with Crippen LogP contribution < -0.4 is 14.4 Å². The SMILES string of the molecule is CCOc1cccc(CNC(=O)[C@@H](C)N(c2cc([N+](=O)[O-])ccc2C)S(C)(=O)=O)c1. The molecule has 0 aliphatic heterocycles. The summed E-state index contributed by atoms with van der Waals surface area (Å²) in [5.41, 5.74) is 1.12. The van der Waals surface area contributed by atoms with Crippen molar-refractivity contribution in [3.8, 4) is 5.75 Å². The Kier molecular flexibility index (Phi) is 7.38. The number of non-ortho nitro benzene ring substituents is 1. The molecule has 162 valence electrons. The molecule has 0 unspecified atom stereocenters. The number of sulfonamides is 1. The van der Waals surface area contributed by atoms with E-state index in [4.69, 9.17) is 4.74 Å². The minimum Gasteiger partial charge on any atom is -0.494 e. The normalized spacial score (nSPS) is 12.1. The molecule has 2 aromatic carbocycles. The van der Waals surface area contributed by atoms with Crippen LogP contribution in [0.5, 0.6) is 5.75 Å². The molecule has 0 aliphatic carbocycles. The topological polar surface area (TPSA) is 119 Å². The summed E-state index contributed by atoms with van der Waals surface area (Å²) < 4.78 is 31.3. The highest BCUT2D eigenvalue weighted by molar-refractivity contribution is 7.92. The minimum atomic E-state index is -3.89. The second-order valence-electron chi connectivity index (χ2n) is 6.76. The monoisotopic (exact) mass is 435 g/mol. The molecule has 2 rings (SSSR count). The Morgan fingerprint density at radius 1 is 1.27 bits per heavy atom. The Labute approximate surface area is 175 Å². The number of nitrogens with one attached hydrogen (secondary N) is 1. The predicted octanol–water partition coefficient (Wildman–Crippen LogP) is 2.77. The van der Waals surface area contributed by atoms with E-state index < -0.39 is 26.9 Å². The summed E-state index contributed by atoms with van der Waals surface area (Å²) >= 11 is 0. The third kappa shape index (κ3) is 5.69. The molecule has 1 amide bonds. The van der Waals surface area contributed by atoms with Crippen molar-refractivity contribution in [3.63, 3.8) is 0 Å². The van der Waals surface area contributed by atoms with E-state index in [9.17, 15) is 23.3 Å². The molecule has 0 bridgehead atoms. The van der Waals surface area contributed by atoms with E-state index in [-0.39, 0.29) is 17.9 Å². The van der Waals surface area contributed by atoms with E-state index in [1.807, 2.05) is 13.0 Å². The van der Waals surface area contributed by atoms with Crippen LogP contribution >= 0.6 is 0 Å². The van der Waals surface area contributed by atoms with Gasteiger partial charge in [-0.25, -0.2) is 8.42 Å². The summed E-state index contributed by atoms with van der Waals surface area (Å²) in [4.78, 5) is 23.2. The standard InChI is InChI=1S/C20H25N3O6S/c1-5-29-18-8-6-7-16(11-18)13-21-20(24)15(3)22(30(4,27)28)19-12-17(23(25)26)10-9-14(19)2/h6-12,15H,5,13H2,1-4H3,(H,21,24)/t15-/m1/s1. The average molecular weight is 436 g/mol. The van der Waals surface area contributed by atoms with Crippen LogP contribution in [0.15, 0.2) is 42.5 Å². The fourth-order valence-corrected chi connectivity index (χ4v) is 4.20. The number of anilines is 1. The molecule has 1 atom stereocenters. The van der Waals surface area contributed by atoms with Crippen LogP contribution in [-0.4, -0.2) is 38.2 Å². The number of aryl methyl sites for hydroxylation is 1. The van der Waals surface area contributed by atoms with E-state index in [1.165, 1.54) is 19.1 Å². The zero-order valence-electron chi connectivity index (χ0n) is 17.3. The van der Waals surface area contributed by atoms with Gasteiger partial charge in [0.1, 0.15) is 11.8 Å². The molecular weight excluding hydrogens is 410 g/mol. The van der Waals surface area contributed by atoms with Gasteiger partial charge in [-0.3, -0.25) is 19.2 Å². The van der Waals surface area contributed by atoms with Crippen molar-refractivity contribution in [2.24, 2.45) is 0 Å². The van der Waals surface area contributed by atoms with Crippen molar-refractivity contribution in [1.82, 2.24) is 5.32 Å². The number of hydrogen-bond donors (Lipinski definition) is 1. The number of benzene rings is 2. The number of hydrogen-bond acceptors (Lipinski definition) is 6. The molecule has 0 radical (unpaired) electrons. The summed E-state index contributed by atoms with van der Waals surface area (Å²) in [6.07, 6.45) is 0.959. The van der Waals surface area contributed by atoms with Crippen LogP contribution in [0.3, 0.4) is 0 Å². The summed E-state index contributed by atoms with van der Waals surface area (Å²) in [5, 5.41) is 13.8. The Bertz CT molecular complexity index is 1040. The lowest BCUT2D eigenvalue weighted by Crippen LogP contribution is -2.48. The van der Waals surface area contributed by atoms with Crippen molar-refractivity contribution in [3.05, 3.63) is 63.7 Å². The van der Waals surface area contributed by atoms with E-state index >= 15 is 0 Å². The zero-order chi connectivity index (χ0) is 22.5. The van der Waals surface area contributed by atoms with E-state index in [1.54, 1.807) is 25.1 Å². The van der Waals surface area contributed by atoms with Crippen molar-refractivity contribution in [1.29, 1.82) is 0 Å². The van der Waals surface area contributed by atoms with Crippen molar-refractivity contribution < 1.29 is 22.9 Å².